The van der Waals surface area contributed by atoms with E-state index in [1.54, 1.807) is 44.6 Å². The Bertz CT molecular complexity index is 587. The van der Waals surface area contributed by atoms with E-state index in [1.807, 2.05) is 0 Å². The molecule has 21 heavy (non-hydrogen) atoms. The van der Waals surface area contributed by atoms with Crippen molar-refractivity contribution < 1.29 is 19.0 Å². The summed E-state index contributed by atoms with van der Waals surface area (Å²) in [5.74, 6) is 1.42. The van der Waals surface area contributed by atoms with E-state index in [0.29, 0.717) is 17.3 Å². The zero-order valence-corrected chi connectivity index (χ0v) is 12.7. The van der Waals surface area contributed by atoms with Crippen LogP contribution in [0.25, 0.3) is 0 Å². The van der Waals surface area contributed by atoms with Crippen LogP contribution in [-0.4, -0.2) is 25.1 Å². The molecule has 1 atom stereocenters. The van der Waals surface area contributed by atoms with Crippen molar-refractivity contribution in [2.45, 2.75) is 11.0 Å². The van der Waals surface area contributed by atoms with Crippen molar-refractivity contribution in [3.63, 3.8) is 0 Å². The standard InChI is InChI=1S/C16H17FO3S/c1-19-15-8-3-11(9-16(15)20-2)14(18)10-21-13-6-4-12(17)5-7-13/h3-9,14,18H,10H2,1-2H3. The van der Waals surface area contributed by atoms with Crippen molar-refractivity contribution in [1.29, 1.82) is 0 Å². The molecular weight excluding hydrogens is 291 g/mol. The quantitative estimate of drug-likeness (QED) is 0.827. The van der Waals surface area contributed by atoms with Gasteiger partial charge < -0.3 is 14.6 Å². The number of aliphatic hydroxyl groups excluding tert-OH is 1. The zero-order valence-electron chi connectivity index (χ0n) is 11.9. The van der Waals surface area contributed by atoms with Crippen molar-refractivity contribution in [2.75, 3.05) is 20.0 Å². The molecule has 0 aliphatic carbocycles. The first-order chi connectivity index (χ1) is 10.1. The van der Waals surface area contributed by atoms with E-state index in [0.717, 1.165) is 10.5 Å². The van der Waals surface area contributed by atoms with Gasteiger partial charge in [-0.05, 0) is 42.0 Å². The number of hydrogen-bond acceptors (Lipinski definition) is 4. The maximum atomic E-state index is 12.8. The molecule has 0 amide bonds. The SMILES string of the molecule is COc1ccc(C(O)CSc2ccc(F)cc2)cc1OC. The highest BCUT2D eigenvalue weighted by molar-refractivity contribution is 7.99. The number of halogens is 1. The highest BCUT2D eigenvalue weighted by Gasteiger charge is 2.12. The minimum Gasteiger partial charge on any atom is -0.493 e. The Kier molecular flexibility index (Phi) is 5.47. The number of rotatable bonds is 6. The number of hydrogen-bond donors (Lipinski definition) is 1. The van der Waals surface area contributed by atoms with E-state index in [9.17, 15) is 9.50 Å². The van der Waals surface area contributed by atoms with Crippen LogP contribution in [0.4, 0.5) is 4.39 Å². The molecule has 0 aliphatic rings. The predicted octanol–water partition coefficient (Wildman–Crippen LogP) is 3.67. The van der Waals surface area contributed by atoms with Crippen molar-refractivity contribution in [3.8, 4) is 11.5 Å². The zero-order chi connectivity index (χ0) is 15.2. The first-order valence-electron chi connectivity index (χ1n) is 6.42. The number of aliphatic hydroxyl groups is 1. The second-order valence-corrected chi connectivity index (χ2v) is 5.49. The summed E-state index contributed by atoms with van der Waals surface area (Å²) in [6.07, 6.45) is -0.639. The molecule has 2 aromatic carbocycles. The van der Waals surface area contributed by atoms with Gasteiger partial charge in [0, 0.05) is 10.6 Å². The summed E-state index contributed by atoms with van der Waals surface area (Å²) in [6, 6.07) is 11.5. The maximum Gasteiger partial charge on any atom is 0.161 e. The van der Waals surface area contributed by atoms with Crippen LogP contribution < -0.4 is 9.47 Å². The van der Waals surface area contributed by atoms with Crippen molar-refractivity contribution >= 4 is 11.8 Å². The second-order valence-electron chi connectivity index (χ2n) is 4.40. The fourth-order valence-electron chi connectivity index (χ4n) is 1.86. The Morgan fingerprint density at radius 3 is 2.33 bits per heavy atom. The van der Waals surface area contributed by atoms with Gasteiger partial charge in [0.1, 0.15) is 5.82 Å². The average Bonchev–Trinajstić information content (AvgIpc) is 2.53. The highest BCUT2D eigenvalue weighted by atomic mass is 32.2. The van der Waals surface area contributed by atoms with E-state index in [1.165, 1.54) is 23.9 Å². The molecule has 5 heteroatoms. The van der Waals surface area contributed by atoms with Crippen LogP contribution in [0, 0.1) is 5.82 Å². The molecule has 0 bridgehead atoms. The largest absolute Gasteiger partial charge is 0.493 e. The van der Waals surface area contributed by atoms with Crippen LogP contribution in [0.1, 0.15) is 11.7 Å². The van der Waals surface area contributed by atoms with Gasteiger partial charge in [-0.15, -0.1) is 11.8 Å². The predicted molar refractivity (Wildman–Crippen MR) is 81.6 cm³/mol. The van der Waals surface area contributed by atoms with Crippen LogP contribution in [-0.2, 0) is 0 Å². The van der Waals surface area contributed by atoms with Gasteiger partial charge >= 0.3 is 0 Å². The minimum absolute atomic E-state index is 0.264. The summed E-state index contributed by atoms with van der Waals surface area (Å²) in [7, 11) is 3.12. The molecule has 2 rings (SSSR count). The summed E-state index contributed by atoms with van der Waals surface area (Å²) in [5, 5.41) is 10.2. The molecule has 0 radical (unpaired) electrons. The van der Waals surface area contributed by atoms with E-state index in [4.69, 9.17) is 9.47 Å². The first kappa shape index (κ1) is 15.7. The van der Waals surface area contributed by atoms with E-state index >= 15 is 0 Å². The van der Waals surface area contributed by atoms with Gasteiger partial charge in [-0.25, -0.2) is 4.39 Å². The summed E-state index contributed by atoms with van der Waals surface area (Å²) < 4.78 is 23.2. The lowest BCUT2D eigenvalue weighted by atomic mass is 10.1. The fraction of sp³-hybridized carbons (Fsp3) is 0.250. The smallest absolute Gasteiger partial charge is 0.161 e. The summed E-state index contributed by atoms with van der Waals surface area (Å²) in [6.45, 7) is 0. The van der Waals surface area contributed by atoms with Crippen LogP contribution >= 0.6 is 11.8 Å². The number of methoxy groups -OCH3 is 2. The van der Waals surface area contributed by atoms with Gasteiger partial charge in [-0.1, -0.05) is 6.07 Å². The minimum atomic E-state index is -0.639. The number of benzene rings is 2. The summed E-state index contributed by atoms with van der Waals surface area (Å²) >= 11 is 1.47. The summed E-state index contributed by atoms with van der Waals surface area (Å²) in [5.41, 5.74) is 0.752. The molecule has 112 valence electrons. The van der Waals surface area contributed by atoms with Crippen LogP contribution in [0.3, 0.4) is 0 Å². The van der Waals surface area contributed by atoms with Crippen LogP contribution in [0.5, 0.6) is 11.5 Å². The average molecular weight is 308 g/mol. The third kappa shape index (κ3) is 4.12. The molecule has 0 saturated carbocycles. The lowest BCUT2D eigenvalue weighted by Crippen LogP contribution is -2.01. The number of thioether (sulfide) groups is 1. The molecule has 0 fully saturated rings. The van der Waals surface area contributed by atoms with Gasteiger partial charge in [-0.2, -0.15) is 0 Å². The van der Waals surface area contributed by atoms with Gasteiger partial charge in [0.15, 0.2) is 11.5 Å². The van der Waals surface area contributed by atoms with E-state index < -0.39 is 6.10 Å². The topological polar surface area (TPSA) is 38.7 Å². The molecular formula is C16H17FO3S. The molecule has 0 heterocycles. The Labute approximate surface area is 127 Å². The molecule has 0 saturated heterocycles. The van der Waals surface area contributed by atoms with Gasteiger partial charge in [0.25, 0.3) is 0 Å². The third-order valence-electron chi connectivity index (χ3n) is 3.01. The molecule has 0 aliphatic heterocycles. The van der Waals surface area contributed by atoms with Crippen LogP contribution in [0.2, 0.25) is 0 Å². The van der Waals surface area contributed by atoms with Crippen LogP contribution in [0.15, 0.2) is 47.4 Å². The Hall–Kier alpha value is -1.72. The van der Waals surface area contributed by atoms with E-state index in [2.05, 4.69) is 0 Å². The second kappa shape index (κ2) is 7.33. The number of ether oxygens (including phenoxy) is 2. The Morgan fingerprint density at radius 1 is 1.05 bits per heavy atom. The molecule has 1 unspecified atom stereocenters. The monoisotopic (exact) mass is 308 g/mol. The van der Waals surface area contributed by atoms with E-state index in [-0.39, 0.29) is 5.82 Å². The Morgan fingerprint density at radius 2 is 1.71 bits per heavy atom. The molecule has 0 spiro atoms. The Balaban J connectivity index is 2.02. The normalized spacial score (nSPS) is 12.0. The van der Waals surface area contributed by atoms with Crippen molar-refractivity contribution in [3.05, 3.63) is 53.8 Å². The van der Waals surface area contributed by atoms with Crippen molar-refractivity contribution in [2.24, 2.45) is 0 Å². The van der Waals surface area contributed by atoms with Gasteiger partial charge in [-0.3, -0.25) is 0 Å². The maximum absolute atomic E-state index is 12.8. The first-order valence-corrected chi connectivity index (χ1v) is 7.41. The van der Waals surface area contributed by atoms with Gasteiger partial charge in [0.2, 0.25) is 0 Å². The van der Waals surface area contributed by atoms with Crippen molar-refractivity contribution in [1.82, 2.24) is 0 Å². The molecule has 1 N–H and O–H groups in total. The molecule has 0 aromatic heterocycles. The fourth-order valence-corrected chi connectivity index (χ4v) is 2.73. The lowest BCUT2D eigenvalue weighted by Gasteiger charge is -2.14. The summed E-state index contributed by atoms with van der Waals surface area (Å²) in [4.78, 5) is 0.913. The van der Waals surface area contributed by atoms with Gasteiger partial charge in [0.05, 0.1) is 20.3 Å². The molecule has 3 nitrogen and oxygen atoms in total. The molecule has 2 aromatic rings. The lowest BCUT2D eigenvalue weighted by molar-refractivity contribution is 0.203. The third-order valence-corrected chi connectivity index (χ3v) is 4.10. The highest BCUT2D eigenvalue weighted by Crippen LogP contribution is 2.32.